The van der Waals surface area contributed by atoms with Crippen molar-refractivity contribution in [2.24, 2.45) is 0 Å². The molecule has 130 valence electrons. The first-order valence-corrected chi connectivity index (χ1v) is 8.57. The molecular formula is C18H16Cl2N2O3. The maximum Gasteiger partial charge on any atom is 0.326 e. The number of carboxylic acids is 1. The molecule has 0 saturated carbocycles. The Hall–Kier alpha value is -2.24. The summed E-state index contributed by atoms with van der Waals surface area (Å²) in [5, 5.41) is 13.1. The van der Waals surface area contributed by atoms with Gasteiger partial charge < -0.3 is 15.3 Å². The largest absolute Gasteiger partial charge is 0.480 e. The Morgan fingerprint density at radius 2 is 1.88 bits per heavy atom. The third-order valence-electron chi connectivity index (χ3n) is 4.16. The predicted octanol–water partition coefficient (Wildman–Crippen LogP) is 4.74. The van der Waals surface area contributed by atoms with Gasteiger partial charge >= 0.3 is 12.0 Å². The first-order chi connectivity index (χ1) is 12.0. The van der Waals surface area contributed by atoms with E-state index in [0.717, 1.165) is 11.1 Å². The van der Waals surface area contributed by atoms with Crippen LogP contribution in [-0.2, 0) is 4.79 Å². The van der Waals surface area contributed by atoms with Crippen LogP contribution in [0, 0.1) is 0 Å². The van der Waals surface area contributed by atoms with E-state index in [4.69, 9.17) is 23.2 Å². The maximum absolute atomic E-state index is 12.6. The number of rotatable bonds is 3. The molecule has 2 aromatic carbocycles. The molecule has 25 heavy (non-hydrogen) atoms. The molecule has 0 aromatic heterocycles. The lowest BCUT2D eigenvalue weighted by atomic mass is 10.0. The number of hydrogen-bond donors (Lipinski definition) is 2. The van der Waals surface area contributed by atoms with Crippen molar-refractivity contribution in [3.05, 3.63) is 52.5 Å². The number of carboxylic acid groups (broad SMARTS) is 1. The molecule has 5 nitrogen and oxygen atoms in total. The number of carbonyl (C=O) groups is 2. The van der Waals surface area contributed by atoms with Crippen molar-refractivity contribution >= 4 is 40.9 Å². The van der Waals surface area contributed by atoms with Crippen molar-refractivity contribution < 1.29 is 14.7 Å². The number of likely N-dealkylation sites (tertiary alicyclic amines) is 1. The summed E-state index contributed by atoms with van der Waals surface area (Å²) in [5.41, 5.74) is 2.10. The van der Waals surface area contributed by atoms with Gasteiger partial charge in [0.2, 0.25) is 0 Å². The minimum atomic E-state index is -0.992. The van der Waals surface area contributed by atoms with Crippen LogP contribution >= 0.6 is 23.2 Å². The van der Waals surface area contributed by atoms with E-state index >= 15 is 0 Å². The SMILES string of the molecule is O=C(O)[C@H]1CCCN1C(=O)Nc1cc(Cl)ccc1-c1cccc(Cl)c1. The van der Waals surface area contributed by atoms with Crippen molar-refractivity contribution in [1.29, 1.82) is 0 Å². The van der Waals surface area contributed by atoms with E-state index in [1.807, 2.05) is 12.1 Å². The van der Waals surface area contributed by atoms with Crippen molar-refractivity contribution in [3.8, 4) is 11.1 Å². The van der Waals surface area contributed by atoms with Crippen LogP contribution in [0.2, 0.25) is 10.0 Å². The summed E-state index contributed by atoms with van der Waals surface area (Å²) in [6.07, 6.45) is 1.13. The lowest BCUT2D eigenvalue weighted by Gasteiger charge is -2.23. The van der Waals surface area contributed by atoms with Crippen LogP contribution in [-0.4, -0.2) is 34.6 Å². The number of benzene rings is 2. The second-order valence-electron chi connectivity index (χ2n) is 5.82. The van der Waals surface area contributed by atoms with Crippen LogP contribution in [0.25, 0.3) is 11.1 Å². The Kier molecular flexibility index (Phi) is 5.16. The number of halogens is 2. The zero-order valence-corrected chi connectivity index (χ0v) is 14.7. The zero-order chi connectivity index (χ0) is 18.0. The third-order valence-corrected chi connectivity index (χ3v) is 4.63. The van der Waals surface area contributed by atoms with E-state index < -0.39 is 18.0 Å². The van der Waals surface area contributed by atoms with Gasteiger partial charge in [-0.3, -0.25) is 0 Å². The number of carbonyl (C=O) groups excluding carboxylic acids is 1. The van der Waals surface area contributed by atoms with Gasteiger partial charge in [0, 0.05) is 22.2 Å². The van der Waals surface area contributed by atoms with Gasteiger partial charge in [-0.25, -0.2) is 9.59 Å². The van der Waals surface area contributed by atoms with Crippen molar-refractivity contribution in [3.63, 3.8) is 0 Å². The smallest absolute Gasteiger partial charge is 0.326 e. The second-order valence-corrected chi connectivity index (χ2v) is 6.69. The average Bonchev–Trinajstić information content (AvgIpc) is 3.05. The number of aliphatic carboxylic acids is 1. The molecule has 0 aliphatic carbocycles. The molecule has 1 atom stereocenters. The van der Waals surface area contributed by atoms with Gasteiger partial charge in [-0.15, -0.1) is 0 Å². The van der Waals surface area contributed by atoms with E-state index in [-0.39, 0.29) is 0 Å². The number of nitrogens with one attached hydrogen (secondary N) is 1. The van der Waals surface area contributed by atoms with E-state index in [9.17, 15) is 14.7 Å². The zero-order valence-electron chi connectivity index (χ0n) is 13.2. The molecule has 1 fully saturated rings. The molecule has 1 saturated heterocycles. The summed E-state index contributed by atoms with van der Waals surface area (Å²) in [5.74, 6) is -0.992. The molecule has 1 aliphatic rings. The van der Waals surface area contributed by atoms with Crippen molar-refractivity contribution in [1.82, 2.24) is 4.90 Å². The molecule has 0 radical (unpaired) electrons. The first kappa shape index (κ1) is 17.6. The van der Waals surface area contributed by atoms with E-state index in [1.54, 1.807) is 30.3 Å². The molecule has 3 rings (SSSR count). The third kappa shape index (κ3) is 3.89. The monoisotopic (exact) mass is 378 g/mol. The lowest BCUT2D eigenvalue weighted by molar-refractivity contribution is -0.141. The highest BCUT2D eigenvalue weighted by atomic mass is 35.5. The fourth-order valence-corrected chi connectivity index (χ4v) is 3.34. The summed E-state index contributed by atoms with van der Waals surface area (Å²) >= 11 is 12.1. The molecule has 2 N–H and O–H groups in total. The predicted molar refractivity (Wildman–Crippen MR) is 98.3 cm³/mol. The fourth-order valence-electron chi connectivity index (χ4n) is 2.98. The molecule has 2 amide bonds. The van der Waals surface area contributed by atoms with Crippen LogP contribution in [0.1, 0.15) is 12.8 Å². The van der Waals surface area contributed by atoms with E-state index in [2.05, 4.69) is 5.32 Å². The molecule has 0 spiro atoms. The Morgan fingerprint density at radius 3 is 2.60 bits per heavy atom. The summed E-state index contributed by atoms with van der Waals surface area (Å²) < 4.78 is 0. The van der Waals surface area contributed by atoms with Crippen LogP contribution in [0.3, 0.4) is 0 Å². The van der Waals surface area contributed by atoms with Crippen molar-refractivity contribution in [2.75, 3.05) is 11.9 Å². The topological polar surface area (TPSA) is 69.6 Å². The quantitative estimate of drug-likeness (QED) is 0.809. The Labute approximate surface area is 155 Å². The number of nitrogens with zero attached hydrogens (tertiary/aromatic N) is 1. The minimum Gasteiger partial charge on any atom is -0.480 e. The van der Waals surface area contributed by atoms with Crippen molar-refractivity contribution in [2.45, 2.75) is 18.9 Å². The Balaban J connectivity index is 1.91. The van der Waals surface area contributed by atoms with Gasteiger partial charge in [0.15, 0.2) is 0 Å². The van der Waals surface area contributed by atoms with Crippen LogP contribution in [0.15, 0.2) is 42.5 Å². The fraction of sp³-hybridized carbons (Fsp3) is 0.222. The second kappa shape index (κ2) is 7.33. The van der Waals surface area contributed by atoms with E-state index in [1.165, 1.54) is 4.90 Å². The normalized spacial score (nSPS) is 16.7. The van der Waals surface area contributed by atoms with Crippen LogP contribution < -0.4 is 5.32 Å². The van der Waals surface area contributed by atoms with Gasteiger partial charge in [-0.2, -0.15) is 0 Å². The van der Waals surface area contributed by atoms with Crippen LogP contribution in [0.5, 0.6) is 0 Å². The highest BCUT2D eigenvalue weighted by molar-refractivity contribution is 6.31. The van der Waals surface area contributed by atoms with Crippen LogP contribution in [0.4, 0.5) is 10.5 Å². The summed E-state index contributed by atoms with van der Waals surface area (Å²) in [6.45, 7) is 0.413. The summed E-state index contributed by atoms with van der Waals surface area (Å²) in [4.78, 5) is 25.2. The van der Waals surface area contributed by atoms with Gasteiger partial charge in [0.05, 0.1) is 5.69 Å². The van der Waals surface area contributed by atoms with Gasteiger partial charge in [-0.1, -0.05) is 41.4 Å². The Bertz CT molecular complexity index is 826. The average molecular weight is 379 g/mol. The van der Waals surface area contributed by atoms with E-state index in [0.29, 0.717) is 35.1 Å². The first-order valence-electron chi connectivity index (χ1n) is 7.81. The molecule has 2 aromatic rings. The lowest BCUT2D eigenvalue weighted by Crippen LogP contribution is -2.42. The number of anilines is 1. The molecule has 1 heterocycles. The molecule has 0 bridgehead atoms. The Morgan fingerprint density at radius 1 is 1.12 bits per heavy atom. The van der Waals surface area contributed by atoms with Gasteiger partial charge in [-0.05, 0) is 42.7 Å². The molecule has 0 unspecified atom stereocenters. The highest BCUT2D eigenvalue weighted by Crippen LogP contribution is 2.32. The van der Waals surface area contributed by atoms with Gasteiger partial charge in [0.25, 0.3) is 0 Å². The summed E-state index contributed by atoms with van der Waals surface area (Å²) in [6, 6.07) is 11.2. The molecular weight excluding hydrogens is 363 g/mol. The number of urea groups is 1. The van der Waals surface area contributed by atoms with Gasteiger partial charge in [0.1, 0.15) is 6.04 Å². The standard InChI is InChI=1S/C18H16Cl2N2O3/c19-12-4-1-3-11(9-12)14-7-6-13(20)10-15(14)21-18(25)22-8-2-5-16(22)17(23)24/h1,3-4,6-7,9-10,16H,2,5,8H2,(H,21,25)(H,23,24)/t16-/m1/s1. The number of amides is 2. The molecule has 7 heteroatoms. The molecule has 1 aliphatic heterocycles. The highest BCUT2D eigenvalue weighted by Gasteiger charge is 2.34. The number of hydrogen-bond acceptors (Lipinski definition) is 2. The minimum absolute atomic E-state index is 0.413. The summed E-state index contributed by atoms with van der Waals surface area (Å²) in [7, 11) is 0. The maximum atomic E-state index is 12.6.